The molecule has 3 rings (SSSR count). The van der Waals surface area contributed by atoms with Crippen molar-refractivity contribution in [1.82, 2.24) is 14.7 Å². The number of nitrogens with zero attached hydrogens (tertiary/aromatic N) is 3. The molecular weight excluding hydrogens is 390 g/mol. The lowest BCUT2D eigenvalue weighted by atomic mass is 9.94. The van der Waals surface area contributed by atoms with Gasteiger partial charge in [0.05, 0.1) is 7.11 Å². The van der Waals surface area contributed by atoms with Crippen LogP contribution < -0.4 is 4.74 Å². The van der Waals surface area contributed by atoms with Gasteiger partial charge in [-0.05, 0) is 37.5 Å². The predicted octanol–water partition coefficient (Wildman–Crippen LogP) is 3.03. The molecule has 7 heteroatoms. The van der Waals surface area contributed by atoms with Crippen molar-refractivity contribution in [3.05, 3.63) is 28.8 Å². The van der Waals surface area contributed by atoms with E-state index < -0.39 is 0 Å². The number of amides is 2. The van der Waals surface area contributed by atoms with Gasteiger partial charge in [0.1, 0.15) is 5.75 Å². The average Bonchev–Trinajstić information content (AvgIpc) is 2.74. The van der Waals surface area contributed by atoms with Crippen LogP contribution in [0.4, 0.5) is 0 Å². The topological polar surface area (TPSA) is 53.1 Å². The fourth-order valence-electron chi connectivity index (χ4n) is 4.24. The van der Waals surface area contributed by atoms with Gasteiger partial charge in [0.2, 0.25) is 11.8 Å². The highest BCUT2D eigenvalue weighted by Crippen LogP contribution is 2.25. The van der Waals surface area contributed by atoms with Crippen LogP contribution in [0.2, 0.25) is 5.02 Å². The van der Waals surface area contributed by atoms with Gasteiger partial charge < -0.3 is 14.5 Å². The zero-order valence-electron chi connectivity index (χ0n) is 17.5. The number of piperidine rings is 1. The summed E-state index contributed by atoms with van der Waals surface area (Å²) in [6.07, 6.45) is 3.06. The molecule has 0 atom stereocenters. The molecule has 0 aliphatic carbocycles. The number of rotatable bonds is 6. The monoisotopic (exact) mass is 421 g/mol. The summed E-state index contributed by atoms with van der Waals surface area (Å²) < 4.78 is 5.44. The van der Waals surface area contributed by atoms with E-state index in [1.54, 1.807) is 7.11 Å². The normalized spacial score (nSPS) is 18.7. The Labute approximate surface area is 178 Å². The predicted molar refractivity (Wildman–Crippen MR) is 114 cm³/mol. The maximum Gasteiger partial charge on any atom is 0.225 e. The molecule has 2 fully saturated rings. The third-order valence-electron chi connectivity index (χ3n) is 5.98. The van der Waals surface area contributed by atoms with Crippen LogP contribution in [0.3, 0.4) is 0 Å². The van der Waals surface area contributed by atoms with Crippen molar-refractivity contribution in [1.29, 1.82) is 0 Å². The van der Waals surface area contributed by atoms with Crippen molar-refractivity contribution in [2.45, 2.75) is 39.2 Å². The summed E-state index contributed by atoms with van der Waals surface area (Å²) in [6.45, 7) is 7.39. The van der Waals surface area contributed by atoms with Crippen molar-refractivity contribution in [3.8, 4) is 5.75 Å². The molecule has 0 radical (unpaired) electrons. The van der Waals surface area contributed by atoms with Crippen molar-refractivity contribution < 1.29 is 14.3 Å². The summed E-state index contributed by atoms with van der Waals surface area (Å²) >= 11 is 6.14. The lowest BCUT2D eigenvalue weighted by Crippen LogP contribution is -2.51. The Morgan fingerprint density at radius 1 is 1.07 bits per heavy atom. The van der Waals surface area contributed by atoms with Crippen LogP contribution in [-0.2, 0) is 16.1 Å². The highest BCUT2D eigenvalue weighted by Gasteiger charge is 2.31. The third kappa shape index (κ3) is 5.64. The second-order valence-corrected chi connectivity index (χ2v) is 8.40. The number of likely N-dealkylation sites (tertiary alicyclic amines) is 1. The smallest absolute Gasteiger partial charge is 0.225 e. The Hall–Kier alpha value is -1.79. The number of hydrogen-bond donors (Lipinski definition) is 0. The molecule has 2 amide bonds. The van der Waals surface area contributed by atoms with Gasteiger partial charge in [-0.2, -0.15) is 0 Å². The first-order valence-corrected chi connectivity index (χ1v) is 11.0. The highest BCUT2D eigenvalue weighted by atomic mass is 35.5. The first-order valence-electron chi connectivity index (χ1n) is 10.6. The van der Waals surface area contributed by atoms with E-state index >= 15 is 0 Å². The first kappa shape index (κ1) is 21.9. The molecule has 0 aromatic heterocycles. The molecule has 0 saturated carbocycles. The summed E-state index contributed by atoms with van der Waals surface area (Å²) in [4.78, 5) is 31.2. The molecular formula is C22H32ClN3O3. The van der Waals surface area contributed by atoms with Gasteiger partial charge in [0, 0.05) is 68.7 Å². The third-order valence-corrected chi connectivity index (χ3v) is 6.22. The SMILES string of the molecule is CCCC(=O)N1CCC(C(=O)N2CCN(Cc3cc(Cl)ccc3OC)CC2)CC1. The maximum atomic E-state index is 12.9. The number of piperazine rings is 1. The van der Waals surface area contributed by atoms with Crippen LogP contribution in [0.1, 0.15) is 38.2 Å². The van der Waals surface area contributed by atoms with E-state index in [1.165, 1.54) is 0 Å². The maximum absolute atomic E-state index is 12.9. The van der Waals surface area contributed by atoms with Gasteiger partial charge in [-0.3, -0.25) is 14.5 Å². The molecule has 0 bridgehead atoms. The number of ether oxygens (including phenoxy) is 1. The van der Waals surface area contributed by atoms with Gasteiger partial charge in [-0.15, -0.1) is 0 Å². The number of halogens is 1. The van der Waals surface area contributed by atoms with Crippen LogP contribution in [0.15, 0.2) is 18.2 Å². The average molecular weight is 422 g/mol. The number of benzene rings is 1. The minimum atomic E-state index is 0.0558. The molecule has 6 nitrogen and oxygen atoms in total. The molecule has 0 N–H and O–H groups in total. The van der Waals surface area contributed by atoms with Crippen LogP contribution in [0.5, 0.6) is 5.75 Å². The number of carbonyl (C=O) groups is 2. The van der Waals surface area contributed by atoms with Crippen molar-refractivity contribution in [2.24, 2.45) is 5.92 Å². The molecule has 2 aliphatic heterocycles. The highest BCUT2D eigenvalue weighted by molar-refractivity contribution is 6.30. The number of carbonyl (C=O) groups excluding carboxylic acids is 2. The molecule has 0 unspecified atom stereocenters. The molecule has 2 aliphatic rings. The van der Waals surface area contributed by atoms with Crippen LogP contribution in [-0.4, -0.2) is 72.9 Å². The Kier molecular flexibility index (Phi) is 7.78. The van der Waals surface area contributed by atoms with Crippen LogP contribution in [0.25, 0.3) is 0 Å². The van der Waals surface area contributed by atoms with E-state index in [0.29, 0.717) is 24.5 Å². The standard InChI is InChI=1S/C22H32ClN3O3/c1-3-4-21(27)25-9-7-17(8-10-25)22(28)26-13-11-24(12-14-26)16-18-15-19(23)5-6-20(18)29-2/h5-6,15,17H,3-4,7-14,16H2,1-2H3. The Morgan fingerprint density at radius 2 is 1.76 bits per heavy atom. The first-order chi connectivity index (χ1) is 14.0. The van der Waals surface area contributed by atoms with Crippen molar-refractivity contribution in [2.75, 3.05) is 46.4 Å². The van der Waals surface area contributed by atoms with Gasteiger partial charge in [0.25, 0.3) is 0 Å². The molecule has 0 spiro atoms. The molecule has 160 valence electrons. The van der Waals surface area contributed by atoms with Crippen LogP contribution in [0, 0.1) is 5.92 Å². The second kappa shape index (κ2) is 10.3. The molecule has 1 aromatic carbocycles. The fourth-order valence-corrected chi connectivity index (χ4v) is 4.44. The van der Waals surface area contributed by atoms with E-state index in [-0.39, 0.29) is 17.7 Å². The van der Waals surface area contributed by atoms with Crippen LogP contribution >= 0.6 is 11.6 Å². The lowest BCUT2D eigenvalue weighted by molar-refractivity contribution is -0.142. The Morgan fingerprint density at radius 3 is 2.38 bits per heavy atom. The van der Waals surface area contributed by atoms with Gasteiger partial charge >= 0.3 is 0 Å². The second-order valence-electron chi connectivity index (χ2n) is 7.96. The summed E-state index contributed by atoms with van der Waals surface area (Å²) in [5.74, 6) is 1.38. The van der Waals surface area contributed by atoms with Crippen molar-refractivity contribution in [3.63, 3.8) is 0 Å². The van der Waals surface area contributed by atoms with Gasteiger partial charge in [-0.1, -0.05) is 18.5 Å². The lowest BCUT2D eigenvalue weighted by Gasteiger charge is -2.38. The van der Waals surface area contributed by atoms with E-state index in [1.807, 2.05) is 34.9 Å². The molecule has 2 heterocycles. The molecule has 2 saturated heterocycles. The zero-order valence-corrected chi connectivity index (χ0v) is 18.3. The minimum Gasteiger partial charge on any atom is -0.496 e. The van der Waals surface area contributed by atoms with Gasteiger partial charge in [0.15, 0.2) is 0 Å². The van der Waals surface area contributed by atoms with Gasteiger partial charge in [-0.25, -0.2) is 0 Å². The summed E-state index contributed by atoms with van der Waals surface area (Å²) in [7, 11) is 1.67. The number of hydrogen-bond acceptors (Lipinski definition) is 4. The Balaban J connectivity index is 1.47. The van der Waals surface area contributed by atoms with E-state index in [9.17, 15) is 9.59 Å². The zero-order chi connectivity index (χ0) is 20.8. The summed E-state index contributed by atoms with van der Waals surface area (Å²) in [5.41, 5.74) is 1.07. The molecule has 1 aromatic rings. The summed E-state index contributed by atoms with van der Waals surface area (Å²) in [5, 5.41) is 0.707. The minimum absolute atomic E-state index is 0.0558. The largest absolute Gasteiger partial charge is 0.496 e. The Bertz CT molecular complexity index is 711. The van der Waals surface area contributed by atoms with E-state index in [2.05, 4.69) is 4.90 Å². The number of methoxy groups -OCH3 is 1. The fraction of sp³-hybridized carbons (Fsp3) is 0.636. The van der Waals surface area contributed by atoms with E-state index in [0.717, 1.165) is 63.3 Å². The van der Waals surface area contributed by atoms with Crippen molar-refractivity contribution >= 4 is 23.4 Å². The quantitative estimate of drug-likeness (QED) is 0.708. The molecule has 29 heavy (non-hydrogen) atoms. The van der Waals surface area contributed by atoms with E-state index in [4.69, 9.17) is 16.3 Å². The summed E-state index contributed by atoms with van der Waals surface area (Å²) in [6, 6.07) is 5.68.